The van der Waals surface area contributed by atoms with E-state index in [1.165, 1.54) is 0 Å². The van der Waals surface area contributed by atoms with E-state index < -0.39 is 36.0 Å². The van der Waals surface area contributed by atoms with Crippen LogP contribution in [0.4, 0.5) is 0 Å². The highest BCUT2D eigenvalue weighted by atomic mass is 16.9. The Morgan fingerprint density at radius 3 is 2.22 bits per heavy atom. The molecule has 3 saturated heterocycles. The third-order valence-corrected chi connectivity index (χ3v) is 3.98. The first kappa shape index (κ1) is 16.9. The van der Waals surface area contributed by atoms with Gasteiger partial charge in [0, 0.05) is 5.57 Å². The van der Waals surface area contributed by atoms with Crippen LogP contribution in [0.3, 0.4) is 0 Å². The van der Waals surface area contributed by atoms with E-state index in [4.69, 9.17) is 28.4 Å². The predicted octanol–water partition coefficient (Wildman–Crippen LogP) is 1.50. The van der Waals surface area contributed by atoms with Gasteiger partial charge in [-0.1, -0.05) is 6.58 Å². The van der Waals surface area contributed by atoms with Gasteiger partial charge in [-0.05, 0) is 34.6 Å². The minimum Gasteiger partial charge on any atom is -0.459 e. The van der Waals surface area contributed by atoms with Crippen LogP contribution in [-0.4, -0.2) is 54.9 Å². The highest BCUT2D eigenvalue weighted by Gasteiger charge is 2.60. The summed E-state index contributed by atoms with van der Waals surface area (Å²) in [6.45, 7) is 12.5. The van der Waals surface area contributed by atoms with Gasteiger partial charge in [-0.3, -0.25) is 0 Å². The van der Waals surface area contributed by atoms with Crippen LogP contribution < -0.4 is 0 Å². The molecule has 3 rings (SSSR count). The molecule has 0 aliphatic carbocycles. The molecule has 3 heterocycles. The van der Waals surface area contributed by atoms with Gasteiger partial charge >= 0.3 is 5.97 Å². The molecular formula is C16H24O7. The van der Waals surface area contributed by atoms with Crippen LogP contribution in [-0.2, 0) is 33.2 Å². The van der Waals surface area contributed by atoms with Crippen LogP contribution >= 0.6 is 0 Å². The molecule has 5 atom stereocenters. The van der Waals surface area contributed by atoms with Crippen molar-refractivity contribution in [3.05, 3.63) is 12.2 Å². The molecule has 23 heavy (non-hydrogen) atoms. The zero-order chi connectivity index (χ0) is 17.0. The van der Waals surface area contributed by atoms with E-state index in [0.29, 0.717) is 5.57 Å². The lowest BCUT2D eigenvalue weighted by atomic mass is 9.99. The molecule has 0 radical (unpaired) electrons. The summed E-state index contributed by atoms with van der Waals surface area (Å²) in [6.07, 6.45) is -2.22. The van der Waals surface area contributed by atoms with E-state index in [2.05, 4.69) is 6.58 Å². The average Bonchev–Trinajstić information content (AvgIpc) is 2.89. The summed E-state index contributed by atoms with van der Waals surface area (Å²) < 4.78 is 34.7. The smallest absolute Gasteiger partial charge is 0.333 e. The van der Waals surface area contributed by atoms with Crippen molar-refractivity contribution in [1.29, 1.82) is 0 Å². The molecule has 3 fully saturated rings. The molecule has 0 amide bonds. The number of hydrogen-bond donors (Lipinski definition) is 0. The quantitative estimate of drug-likeness (QED) is 0.574. The lowest BCUT2D eigenvalue weighted by Gasteiger charge is -2.36. The Hall–Kier alpha value is -0.990. The fraction of sp³-hybridized carbons (Fsp3) is 0.812. The van der Waals surface area contributed by atoms with Gasteiger partial charge in [-0.25, -0.2) is 4.79 Å². The molecule has 3 aliphatic rings. The van der Waals surface area contributed by atoms with Gasteiger partial charge < -0.3 is 28.4 Å². The second-order valence-electron chi connectivity index (χ2n) is 7.09. The van der Waals surface area contributed by atoms with Gasteiger partial charge in [-0.15, -0.1) is 0 Å². The summed E-state index contributed by atoms with van der Waals surface area (Å²) in [5.74, 6) is -1.99. The minimum absolute atomic E-state index is 0.0410. The average molecular weight is 328 g/mol. The fourth-order valence-electron chi connectivity index (χ4n) is 3.11. The van der Waals surface area contributed by atoms with E-state index in [1.54, 1.807) is 6.92 Å². The predicted molar refractivity (Wildman–Crippen MR) is 78.3 cm³/mol. The van der Waals surface area contributed by atoms with Crippen LogP contribution in [0.25, 0.3) is 0 Å². The largest absolute Gasteiger partial charge is 0.459 e. The van der Waals surface area contributed by atoms with Gasteiger partial charge in [-0.2, -0.15) is 0 Å². The summed E-state index contributed by atoms with van der Waals surface area (Å²) in [4.78, 5) is 11.6. The van der Waals surface area contributed by atoms with E-state index >= 15 is 0 Å². The van der Waals surface area contributed by atoms with Crippen molar-refractivity contribution in [2.45, 2.75) is 76.9 Å². The van der Waals surface area contributed by atoms with Gasteiger partial charge in [0.1, 0.15) is 31.0 Å². The van der Waals surface area contributed by atoms with Gasteiger partial charge in [0.2, 0.25) is 0 Å². The standard InChI is InChI=1S/C16H24O7/c1-8(2)13(17)18-7-9-10-11(21-15(3,4)20-10)12-14(19-9)23-16(5,6)22-12/h9-12,14H,1,7H2,2-6H3. The number of carbonyl (C=O) groups is 1. The van der Waals surface area contributed by atoms with Crippen LogP contribution in [0.2, 0.25) is 0 Å². The molecule has 0 saturated carbocycles. The number of carbonyl (C=O) groups excluding carboxylic acids is 1. The third kappa shape index (κ3) is 3.29. The van der Waals surface area contributed by atoms with Crippen LogP contribution in [0.5, 0.6) is 0 Å². The van der Waals surface area contributed by atoms with E-state index in [-0.39, 0.29) is 18.8 Å². The second kappa shape index (κ2) is 5.53. The van der Waals surface area contributed by atoms with Crippen LogP contribution in [0.15, 0.2) is 12.2 Å². The zero-order valence-corrected chi connectivity index (χ0v) is 14.2. The van der Waals surface area contributed by atoms with Crippen molar-refractivity contribution in [2.24, 2.45) is 0 Å². The van der Waals surface area contributed by atoms with E-state index in [1.807, 2.05) is 27.7 Å². The normalized spacial score (nSPS) is 40.3. The van der Waals surface area contributed by atoms with Crippen molar-refractivity contribution in [2.75, 3.05) is 6.61 Å². The first-order chi connectivity index (χ1) is 10.6. The van der Waals surface area contributed by atoms with Gasteiger partial charge in [0.25, 0.3) is 0 Å². The first-order valence-electron chi connectivity index (χ1n) is 7.77. The Morgan fingerprint density at radius 1 is 1.00 bits per heavy atom. The topological polar surface area (TPSA) is 72.5 Å². The lowest BCUT2D eigenvalue weighted by Crippen LogP contribution is -2.56. The molecule has 0 aromatic carbocycles. The number of esters is 1. The molecule has 0 aromatic rings. The molecular weight excluding hydrogens is 304 g/mol. The number of fused-ring (bicyclic) bond motifs is 3. The van der Waals surface area contributed by atoms with E-state index in [0.717, 1.165) is 0 Å². The van der Waals surface area contributed by atoms with Crippen molar-refractivity contribution < 1.29 is 33.2 Å². The molecule has 0 aromatic heterocycles. The maximum atomic E-state index is 11.6. The monoisotopic (exact) mass is 328 g/mol. The van der Waals surface area contributed by atoms with Crippen molar-refractivity contribution in [3.8, 4) is 0 Å². The fourth-order valence-corrected chi connectivity index (χ4v) is 3.11. The Labute approximate surface area is 135 Å². The summed E-state index contributed by atoms with van der Waals surface area (Å²) in [7, 11) is 0. The lowest BCUT2D eigenvalue weighted by molar-refractivity contribution is -0.242. The molecule has 7 heteroatoms. The Balaban J connectivity index is 1.76. The summed E-state index contributed by atoms with van der Waals surface area (Å²) >= 11 is 0. The minimum atomic E-state index is -0.765. The molecule has 7 nitrogen and oxygen atoms in total. The van der Waals surface area contributed by atoms with Crippen LogP contribution in [0, 0.1) is 0 Å². The second-order valence-corrected chi connectivity index (χ2v) is 7.09. The zero-order valence-electron chi connectivity index (χ0n) is 14.2. The molecule has 5 unspecified atom stereocenters. The van der Waals surface area contributed by atoms with E-state index in [9.17, 15) is 4.79 Å². The molecule has 130 valence electrons. The highest BCUT2D eigenvalue weighted by Crippen LogP contribution is 2.44. The Morgan fingerprint density at radius 2 is 1.57 bits per heavy atom. The van der Waals surface area contributed by atoms with Crippen LogP contribution in [0.1, 0.15) is 34.6 Å². The summed E-state index contributed by atoms with van der Waals surface area (Å²) in [5.41, 5.74) is 0.334. The molecule has 0 N–H and O–H groups in total. The Kier molecular flexibility index (Phi) is 4.05. The Bertz CT molecular complexity index is 513. The number of rotatable bonds is 3. The summed E-state index contributed by atoms with van der Waals surface area (Å²) in [6, 6.07) is 0. The first-order valence-corrected chi connectivity index (χ1v) is 7.77. The number of ether oxygens (including phenoxy) is 6. The van der Waals surface area contributed by atoms with Gasteiger partial charge in [0.15, 0.2) is 17.9 Å². The molecule has 0 spiro atoms. The SMILES string of the molecule is C=C(C)C(=O)OCC1OC2OC(C)(C)OC2C2OC(C)(C)OC12. The summed E-state index contributed by atoms with van der Waals surface area (Å²) in [5, 5.41) is 0. The third-order valence-electron chi connectivity index (χ3n) is 3.98. The molecule has 0 bridgehead atoms. The highest BCUT2D eigenvalue weighted by molar-refractivity contribution is 5.86. The van der Waals surface area contributed by atoms with Crippen molar-refractivity contribution in [3.63, 3.8) is 0 Å². The number of hydrogen-bond acceptors (Lipinski definition) is 7. The van der Waals surface area contributed by atoms with Gasteiger partial charge in [0.05, 0.1) is 0 Å². The molecule has 3 aliphatic heterocycles. The maximum Gasteiger partial charge on any atom is 0.333 e. The maximum absolute atomic E-state index is 11.6. The van der Waals surface area contributed by atoms with Crippen molar-refractivity contribution >= 4 is 5.97 Å². The van der Waals surface area contributed by atoms with Crippen molar-refractivity contribution in [1.82, 2.24) is 0 Å².